The van der Waals surface area contributed by atoms with Gasteiger partial charge in [-0.1, -0.05) is 36.7 Å². The van der Waals surface area contributed by atoms with Crippen LogP contribution < -0.4 is 0 Å². The van der Waals surface area contributed by atoms with Crippen LogP contribution in [-0.2, 0) is 5.33 Å². The Kier molecular flexibility index (Phi) is 4.03. The second-order valence-electron chi connectivity index (χ2n) is 4.84. The summed E-state index contributed by atoms with van der Waals surface area (Å²) in [5, 5.41) is 0.755. The second kappa shape index (κ2) is 4.88. The molecule has 0 saturated carbocycles. The van der Waals surface area contributed by atoms with E-state index < -0.39 is 0 Å². The number of alkyl halides is 1. The number of carbonyl (C=O) groups excluding carboxylic acids is 1. The molecule has 0 N–H and O–H groups in total. The molecule has 1 aromatic rings. The van der Waals surface area contributed by atoms with Gasteiger partial charge in [-0.3, -0.25) is 9.78 Å². The zero-order valence-electron chi connectivity index (χ0n) is 9.38. The van der Waals surface area contributed by atoms with Crippen molar-refractivity contribution in [3.05, 3.63) is 29.6 Å². The Morgan fingerprint density at radius 1 is 1.47 bits per heavy atom. The fraction of sp³-hybridized carbons (Fsp3) is 0.500. The van der Waals surface area contributed by atoms with Gasteiger partial charge in [0.1, 0.15) is 5.69 Å². The summed E-state index contributed by atoms with van der Waals surface area (Å²) in [6.45, 7) is 6.16. The minimum Gasteiger partial charge on any atom is -0.292 e. The molecule has 1 rings (SSSR count). The zero-order chi connectivity index (χ0) is 11.5. The highest BCUT2D eigenvalue weighted by atomic mass is 79.9. The third-order valence-electron chi connectivity index (χ3n) is 1.96. The van der Waals surface area contributed by atoms with E-state index in [1.165, 1.54) is 0 Å². The first kappa shape index (κ1) is 12.4. The third kappa shape index (κ3) is 4.12. The Morgan fingerprint density at radius 2 is 2.13 bits per heavy atom. The summed E-state index contributed by atoms with van der Waals surface area (Å²) >= 11 is 3.36. The maximum atomic E-state index is 11.9. The van der Waals surface area contributed by atoms with Crippen LogP contribution in [0.2, 0.25) is 0 Å². The Hall–Kier alpha value is -0.700. The molecule has 0 bridgehead atoms. The SMILES string of the molecule is CC(C)(C)CC(=O)c1cc(CBr)ccn1. The third-order valence-corrected chi connectivity index (χ3v) is 2.60. The van der Waals surface area contributed by atoms with Gasteiger partial charge in [0.25, 0.3) is 0 Å². The Balaban J connectivity index is 2.82. The molecular formula is C12H16BrNO. The molecule has 0 saturated heterocycles. The molecule has 0 aliphatic carbocycles. The molecule has 0 aromatic carbocycles. The summed E-state index contributed by atoms with van der Waals surface area (Å²) < 4.78 is 0. The van der Waals surface area contributed by atoms with Crippen molar-refractivity contribution in [2.75, 3.05) is 0 Å². The van der Waals surface area contributed by atoms with Gasteiger partial charge in [0.15, 0.2) is 5.78 Å². The topological polar surface area (TPSA) is 30.0 Å². The molecule has 0 amide bonds. The van der Waals surface area contributed by atoms with Gasteiger partial charge in [0.2, 0.25) is 0 Å². The molecule has 0 spiro atoms. The molecular weight excluding hydrogens is 254 g/mol. The fourth-order valence-electron chi connectivity index (χ4n) is 1.28. The molecule has 2 nitrogen and oxygen atoms in total. The normalized spacial score (nSPS) is 11.5. The molecule has 0 aliphatic heterocycles. The average Bonchev–Trinajstić information content (AvgIpc) is 2.15. The summed E-state index contributed by atoms with van der Waals surface area (Å²) in [7, 11) is 0. The summed E-state index contributed by atoms with van der Waals surface area (Å²) in [5.41, 5.74) is 1.67. The van der Waals surface area contributed by atoms with Gasteiger partial charge in [-0.15, -0.1) is 0 Å². The first-order chi connectivity index (χ1) is 6.92. The summed E-state index contributed by atoms with van der Waals surface area (Å²) in [5.74, 6) is 0.116. The largest absolute Gasteiger partial charge is 0.292 e. The van der Waals surface area contributed by atoms with Crippen molar-refractivity contribution in [1.82, 2.24) is 4.98 Å². The number of aromatic nitrogens is 1. The minimum absolute atomic E-state index is 0.0170. The van der Waals surface area contributed by atoms with Crippen LogP contribution in [0.25, 0.3) is 0 Å². The fourth-order valence-corrected chi connectivity index (χ4v) is 1.63. The van der Waals surface area contributed by atoms with E-state index in [1.807, 2.05) is 12.1 Å². The van der Waals surface area contributed by atoms with Crippen LogP contribution in [0.4, 0.5) is 0 Å². The number of hydrogen-bond acceptors (Lipinski definition) is 2. The van der Waals surface area contributed by atoms with Gasteiger partial charge in [-0.25, -0.2) is 0 Å². The van der Waals surface area contributed by atoms with Gasteiger partial charge >= 0.3 is 0 Å². The number of ketones is 1. The number of halogens is 1. The number of carbonyl (C=O) groups is 1. The van der Waals surface area contributed by atoms with Gasteiger partial charge in [-0.2, -0.15) is 0 Å². The van der Waals surface area contributed by atoms with Crippen LogP contribution >= 0.6 is 15.9 Å². The number of rotatable bonds is 3. The Bertz CT molecular complexity index is 355. The highest BCUT2D eigenvalue weighted by molar-refractivity contribution is 9.08. The van der Waals surface area contributed by atoms with Crippen LogP contribution in [0, 0.1) is 5.41 Å². The predicted octanol–water partition coefficient (Wildman–Crippen LogP) is 3.60. The molecule has 0 unspecified atom stereocenters. The van der Waals surface area contributed by atoms with Crippen LogP contribution in [0.15, 0.2) is 18.3 Å². The number of hydrogen-bond donors (Lipinski definition) is 0. The van der Waals surface area contributed by atoms with Crippen molar-refractivity contribution in [1.29, 1.82) is 0 Å². The second-order valence-corrected chi connectivity index (χ2v) is 5.40. The Morgan fingerprint density at radius 3 is 2.67 bits per heavy atom. The zero-order valence-corrected chi connectivity index (χ0v) is 11.0. The lowest BCUT2D eigenvalue weighted by Crippen LogP contribution is -2.14. The lowest BCUT2D eigenvalue weighted by atomic mass is 9.89. The summed E-state index contributed by atoms with van der Waals surface area (Å²) in [6, 6.07) is 3.76. The van der Waals surface area contributed by atoms with E-state index >= 15 is 0 Å². The Labute approximate surface area is 99.2 Å². The van der Waals surface area contributed by atoms with Crippen molar-refractivity contribution in [2.45, 2.75) is 32.5 Å². The summed E-state index contributed by atoms with van der Waals surface area (Å²) in [4.78, 5) is 16.0. The van der Waals surface area contributed by atoms with E-state index in [1.54, 1.807) is 6.20 Å². The quantitative estimate of drug-likeness (QED) is 0.620. The molecule has 0 atom stereocenters. The highest BCUT2D eigenvalue weighted by Crippen LogP contribution is 2.21. The maximum Gasteiger partial charge on any atom is 0.181 e. The molecule has 15 heavy (non-hydrogen) atoms. The van der Waals surface area contributed by atoms with Crippen LogP contribution in [0.1, 0.15) is 43.2 Å². The number of Topliss-reactive ketones (excluding diaryl/α,β-unsaturated/α-hetero) is 1. The molecule has 0 aliphatic rings. The smallest absolute Gasteiger partial charge is 0.181 e. The lowest BCUT2D eigenvalue weighted by Gasteiger charge is -2.16. The van der Waals surface area contributed by atoms with Crippen LogP contribution in [0.3, 0.4) is 0 Å². The predicted molar refractivity (Wildman–Crippen MR) is 65.3 cm³/mol. The van der Waals surface area contributed by atoms with Crippen molar-refractivity contribution in [3.63, 3.8) is 0 Å². The lowest BCUT2D eigenvalue weighted by molar-refractivity contribution is 0.0935. The standard InChI is InChI=1S/C12H16BrNO/c1-12(2,3)7-11(15)10-6-9(8-13)4-5-14-10/h4-6H,7-8H2,1-3H3. The van der Waals surface area contributed by atoms with Gasteiger partial charge in [-0.05, 0) is 23.1 Å². The molecule has 0 radical (unpaired) electrons. The monoisotopic (exact) mass is 269 g/mol. The van der Waals surface area contributed by atoms with Gasteiger partial charge < -0.3 is 0 Å². The molecule has 0 fully saturated rings. The number of pyridine rings is 1. The van der Waals surface area contributed by atoms with Gasteiger partial charge in [0, 0.05) is 17.9 Å². The van der Waals surface area contributed by atoms with Crippen molar-refractivity contribution in [3.8, 4) is 0 Å². The van der Waals surface area contributed by atoms with Crippen LogP contribution in [0.5, 0.6) is 0 Å². The molecule has 1 heterocycles. The number of nitrogens with zero attached hydrogens (tertiary/aromatic N) is 1. The van der Waals surface area contributed by atoms with Crippen molar-refractivity contribution < 1.29 is 4.79 Å². The van der Waals surface area contributed by atoms with E-state index in [0.29, 0.717) is 12.1 Å². The molecule has 1 aromatic heterocycles. The van der Waals surface area contributed by atoms with E-state index in [-0.39, 0.29) is 11.2 Å². The average molecular weight is 270 g/mol. The molecule has 82 valence electrons. The van der Waals surface area contributed by atoms with E-state index in [9.17, 15) is 4.79 Å². The maximum absolute atomic E-state index is 11.9. The highest BCUT2D eigenvalue weighted by Gasteiger charge is 2.18. The first-order valence-electron chi connectivity index (χ1n) is 4.96. The molecule has 3 heteroatoms. The first-order valence-corrected chi connectivity index (χ1v) is 6.08. The van der Waals surface area contributed by atoms with Crippen molar-refractivity contribution >= 4 is 21.7 Å². The summed E-state index contributed by atoms with van der Waals surface area (Å²) in [6.07, 6.45) is 2.22. The minimum atomic E-state index is 0.0170. The van der Waals surface area contributed by atoms with E-state index in [4.69, 9.17) is 0 Å². The van der Waals surface area contributed by atoms with Crippen molar-refractivity contribution in [2.24, 2.45) is 5.41 Å². The van der Waals surface area contributed by atoms with E-state index in [0.717, 1.165) is 10.9 Å². The van der Waals surface area contributed by atoms with Gasteiger partial charge in [0.05, 0.1) is 0 Å². The van der Waals surface area contributed by atoms with E-state index in [2.05, 4.69) is 41.7 Å². The van der Waals surface area contributed by atoms with Crippen LogP contribution in [-0.4, -0.2) is 10.8 Å².